The van der Waals surface area contributed by atoms with E-state index >= 15 is 0 Å². The molecular formula is C21H23F3N2O3. The lowest BCUT2D eigenvalue weighted by molar-refractivity contribution is -0.153. The van der Waals surface area contributed by atoms with Crippen molar-refractivity contribution < 1.29 is 27.4 Å². The third-order valence-corrected chi connectivity index (χ3v) is 4.58. The van der Waals surface area contributed by atoms with Gasteiger partial charge < -0.3 is 20.1 Å². The van der Waals surface area contributed by atoms with Gasteiger partial charge in [0.25, 0.3) is 0 Å². The molecule has 2 N–H and O–H groups in total. The van der Waals surface area contributed by atoms with E-state index in [4.69, 9.17) is 4.74 Å². The lowest BCUT2D eigenvalue weighted by Gasteiger charge is -2.16. The fourth-order valence-corrected chi connectivity index (χ4v) is 3.06. The van der Waals surface area contributed by atoms with E-state index in [1.807, 2.05) is 12.1 Å². The maximum Gasteiger partial charge on any atom is 0.422 e. The zero-order valence-electron chi connectivity index (χ0n) is 16.0. The Balaban J connectivity index is 1.41. The first kappa shape index (κ1) is 20.8. The third kappa shape index (κ3) is 6.30. The second-order valence-electron chi connectivity index (χ2n) is 6.89. The molecule has 2 aromatic carbocycles. The smallest absolute Gasteiger partial charge is 0.422 e. The molecule has 0 saturated heterocycles. The summed E-state index contributed by atoms with van der Waals surface area (Å²) in [5.74, 6) is 1.06. The van der Waals surface area contributed by atoms with Gasteiger partial charge in [0.05, 0.1) is 12.6 Å². The number of hydrogen-bond donors (Lipinski definition) is 2. The quantitative estimate of drug-likeness (QED) is 0.723. The Morgan fingerprint density at radius 1 is 1.21 bits per heavy atom. The van der Waals surface area contributed by atoms with Crippen LogP contribution in [-0.4, -0.2) is 32.0 Å². The average molecular weight is 408 g/mol. The molecule has 0 aromatic heterocycles. The van der Waals surface area contributed by atoms with Crippen LogP contribution >= 0.6 is 0 Å². The number of benzene rings is 2. The van der Waals surface area contributed by atoms with Crippen molar-refractivity contribution in [3.63, 3.8) is 0 Å². The summed E-state index contributed by atoms with van der Waals surface area (Å²) in [6.07, 6.45) is -2.76. The van der Waals surface area contributed by atoms with Gasteiger partial charge in [-0.25, -0.2) is 4.79 Å². The van der Waals surface area contributed by atoms with Gasteiger partial charge in [-0.1, -0.05) is 24.3 Å². The van der Waals surface area contributed by atoms with Gasteiger partial charge in [-0.3, -0.25) is 0 Å². The number of hydrogen-bond acceptors (Lipinski definition) is 3. The van der Waals surface area contributed by atoms with Crippen LogP contribution in [0, 0.1) is 0 Å². The van der Waals surface area contributed by atoms with Gasteiger partial charge in [0, 0.05) is 13.0 Å². The Kier molecular flexibility index (Phi) is 6.51. The normalized spacial score (nSPS) is 13.9. The summed E-state index contributed by atoms with van der Waals surface area (Å²) in [7, 11) is 0. The molecule has 0 bridgehead atoms. The summed E-state index contributed by atoms with van der Waals surface area (Å²) in [6, 6.07) is 11.6. The number of alkyl halides is 3. The SMILES string of the molecule is CC(NC(=O)NCCc1ccc2c(c1)CCO2)c1ccc(OCC(F)(F)F)cc1. The molecule has 0 saturated carbocycles. The van der Waals surface area contributed by atoms with Crippen LogP contribution in [0.25, 0.3) is 0 Å². The maximum atomic E-state index is 12.2. The van der Waals surface area contributed by atoms with E-state index in [1.165, 1.54) is 17.7 Å². The minimum atomic E-state index is -4.38. The minimum Gasteiger partial charge on any atom is -0.493 e. The molecular weight excluding hydrogens is 385 g/mol. The molecule has 156 valence electrons. The fourth-order valence-electron chi connectivity index (χ4n) is 3.06. The second-order valence-corrected chi connectivity index (χ2v) is 6.89. The van der Waals surface area contributed by atoms with Crippen LogP contribution in [0.1, 0.15) is 29.7 Å². The third-order valence-electron chi connectivity index (χ3n) is 4.58. The van der Waals surface area contributed by atoms with Crippen molar-refractivity contribution in [3.05, 3.63) is 59.2 Å². The molecule has 0 fully saturated rings. The summed E-state index contributed by atoms with van der Waals surface area (Å²) >= 11 is 0. The number of nitrogens with one attached hydrogen (secondary N) is 2. The van der Waals surface area contributed by atoms with Crippen LogP contribution < -0.4 is 20.1 Å². The number of urea groups is 1. The van der Waals surface area contributed by atoms with Gasteiger partial charge in [0.1, 0.15) is 11.5 Å². The summed E-state index contributed by atoms with van der Waals surface area (Å²) in [5, 5.41) is 5.63. The highest BCUT2D eigenvalue weighted by Crippen LogP contribution is 2.26. The molecule has 8 heteroatoms. The molecule has 3 rings (SSSR count). The number of halogens is 3. The van der Waals surface area contributed by atoms with Gasteiger partial charge in [-0.15, -0.1) is 0 Å². The highest BCUT2D eigenvalue weighted by Gasteiger charge is 2.28. The van der Waals surface area contributed by atoms with E-state index in [9.17, 15) is 18.0 Å². The van der Waals surface area contributed by atoms with E-state index in [-0.39, 0.29) is 17.8 Å². The number of carbonyl (C=O) groups excluding carboxylic acids is 1. The highest BCUT2D eigenvalue weighted by molar-refractivity contribution is 5.74. The van der Waals surface area contributed by atoms with Crippen LogP contribution in [-0.2, 0) is 12.8 Å². The Morgan fingerprint density at radius 3 is 2.69 bits per heavy atom. The molecule has 0 radical (unpaired) electrons. The summed E-state index contributed by atoms with van der Waals surface area (Å²) in [4.78, 5) is 12.1. The number of carbonyl (C=O) groups is 1. The van der Waals surface area contributed by atoms with Gasteiger partial charge >= 0.3 is 12.2 Å². The number of rotatable bonds is 7. The molecule has 2 amide bonds. The van der Waals surface area contributed by atoms with E-state index in [0.29, 0.717) is 19.6 Å². The van der Waals surface area contributed by atoms with Gasteiger partial charge in [-0.05, 0) is 48.2 Å². The largest absolute Gasteiger partial charge is 0.493 e. The van der Waals surface area contributed by atoms with Crippen molar-refractivity contribution in [2.24, 2.45) is 0 Å². The van der Waals surface area contributed by atoms with Crippen molar-refractivity contribution in [1.82, 2.24) is 10.6 Å². The number of ether oxygens (including phenoxy) is 2. The zero-order valence-corrected chi connectivity index (χ0v) is 16.0. The van der Waals surface area contributed by atoms with E-state index in [1.54, 1.807) is 19.1 Å². The zero-order chi connectivity index (χ0) is 20.9. The van der Waals surface area contributed by atoms with Crippen LogP contribution in [0.4, 0.5) is 18.0 Å². The first-order valence-electron chi connectivity index (χ1n) is 9.38. The molecule has 0 aliphatic carbocycles. The summed E-state index contributed by atoms with van der Waals surface area (Å²) < 4.78 is 46.7. The predicted molar refractivity (Wildman–Crippen MR) is 102 cm³/mol. The second kappa shape index (κ2) is 9.07. The van der Waals surface area contributed by atoms with Gasteiger partial charge in [0.2, 0.25) is 0 Å². The molecule has 1 unspecified atom stereocenters. The first-order chi connectivity index (χ1) is 13.8. The Hall–Kier alpha value is -2.90. The minimum absolute atomic E-state index is 0.127. The Labute approximate surface area is 167 Å². The van der Waals surface area contributed by atoms with Gasteiger partial charge in [0.15, 0.2) is 6.61 Å². The highest BCUT2D eigenvalue weighted by atomic mass is 19.4. The van der Waals surface area contributed by atoms with Crippen molar-refractivity contribution in [2.75, 3.05) is 19.8 Å². The maximum absolute atomic E-state index is 12.2. The van der Waals surface area contributed by atoms with Crippen molar-refractivity contribution in [1.29, 1.82) is 0 Å². The molecule has 1 atom stereocenters. The van der Waals surface area contributed by atoms with E-state index in [2.05, 4.69) is 21.4 Å². The monoisotopic (exact) mass is 408 g/mol. The van der Waals surface area contributed by atoms with E-state index < -0.39 is 12.8 Å². The Bertz CT molecular complexity index is 838. The molecule has 2 aromatic rings. The standard InChI is InChI=1S/C21H23F3N2O3/c1-14(16-3-5-18(6-4-16)29-13-21(22,23)24)26-20(27)25-10-8-15-2-7-19-17(12-15)9-11-28-19/h2-7,12,14H,8-11,13H2,1H3,(H2,25,26,27). The number of amides is 2. The summed E-state index contributed by atoms with van der Waals surface area (Å²) in [5.41, 5.74) is 3.10. The average Bonchev–Trinajstić information content (AvgIpc) is 3.14. The van der Waals surface area contributed by atoms with Crippen LogP contribution in [0.15, 0.2) is 42.5 Å². The van der Waals surface area contributed by atoms with E-state index in [0.717, 1.165) is 23.3 Å². The molecule has 0 spiro atoms. The number of fused-ring (bicyclic) bond motifs is 1. The topological polar surface area (TPSA) is 59.6 Å². The van der Waals surface area contributed by atoms with Gasteiger partial charge in [-0.2, -0.15) is 13.2 Å². The predicted octanol–water partition coefficient (Wildman–Crippen LogP) is 4.17. The first-order valence-corrected chi connectivity index (χ1v) is 9.38. The van der Waals surface area contributed by atoms with Crippen LogP contribution in [0.5, 0.6) is 11.5 Å². The molecule has 1 aliphatic rings. The lowest BCUT2D eigenvalue weighted by atomic mass is 10.1. The van der Waals surface area contributed by atoms with Crippen molar-refractivity contribution >= 4 is 6.03 Å². The molecule has 29 heavy (non-hydrogen) atoms. The van der Waals surface area contributed by atoms with Crippen molar-refractivity contribution in [3.8, 4) is 11.5 Å². The summed E-state index contributed by atoms with van der Waals surface area (Å²) in [6.45, 7) is 1.67. The van der Waals surface area contributed by atoms with Crippen LogP contribution in [0.2, 0.25) is 0 Å². The lowest BCUT2D eigenvalue weighted by Crippen LogP contribution is -2.38. The molecule has 5 nitrogen and oxygen atoms in total. The van der Waals surface area contributed by atoms with Crippen molar-refractivity contribution in [2.45, 2.75) is 32.0 Å². The van der Waals surface area contributed by atoms with Crippen LogP contribution in [0.3, 0.4) is 0 Å². The Morgan fingerprint density at radius 2 is 1.97 bits per heavy atom. The molecule has 1 heterocycles. The molecule has 1 aliphatic heterocycles. The fraction of sp³-hybridized carbons (Fsp3) is 0.381.